The summed E-state index contributed by atoms with van der Waals surface area (Å²) in [4.78, 5) is 0. The normalized spacial score (nSPS) is 6.50. The second-order valence-electron chi connectivity index (χ2n) is 0.826. The molecule has 0 saturated heterocycles. The van der Waals surface area contributed by atoms with Crippen molar-refractivity contribution in [3.63, 3.8) is 0 Å². The lowest BCUT2D eigenvalue weighted by Gasteiger charge is -1.77. The first-order valence-electron chi connectivity index (χ1n) is 1.44. The maximum Gasteiger partial charge on any atom is 0.106 e. The fraction of sp³-hybridized carbons (Fsp3) is 0.250. The molecule has 0 aliphatic heterocycles. The summed E-state index contributed by atoms with van der Waals surface area (Å²) < 4.78 is 0. The average molecular weight is 82.1 g/mol. The Hall–Kier alpha value is -0.970. The quantitative estimate of drug-likeness (QED) is 0.475. The molecule has 0 saturated carbocycles. The predicted molar refractivity (Wildman–Crippen MR) is 20.7 cm³/mol. The highest BCUT2D eigenvalue weighted by atomic mass is 16.3. The molecule has 6 heavy (non-hydrogen) atoms. The SMILES string of the molecule is [CH]=C(O)CC#N. The van der Waals surface area contributed by atoms with Gasteiger partial charge in [-0.2, -0.15) is 5.26 Å². The number of nitrogens with zero attached hydrogens (tertiary/aromatic N) is 1. The highest BCUT2D eigenvalue weighted by Crippen LogP contribution is 1.84. The van der Waals surface area contributed by atoms with E-state index < -0.39 is 0 Å². The second-order valence-corrected chi connectivity index (χ2v) is 0.826. The molecule has 0 aromatic heterocycles. The van der Waals surface area contributed by atoms with E-state index in [0.717, 1.165) is 0 Å². The van der Waals surface area contributed by atoms with Gasteiger partial charge in [-0.3, -0.25) is 0 Å². The van der Waals surface area contributed by atoms with Gasteiger partial charge in [0, 0.05) is 0 Å². The molecule has 2 nitrogen and oxygen atoms in total. The minimum atomic E-state index is -0.322. The Bertz CT molecular complexity index is 90.2. The molecule has 0 fully saturated rings. The molecule has 0 rings (SSSR count). The minimum Gasteiger partial charge on any atom is -0.511 e. The Balaban J connectivity index is 3.13. The molecule has 0 aromatic rings. The maximum atomic E-state index is 8.02. The largest absolute Gasteiger partial charge is 0.511 e. The van der Waals surface area contributed by atoms with E-state index in [1.165, 1.54) is 0 Å². The predicted octanol–water partition coefficient (Wildman–Crippen LogP) is 0.775. The van der Waals surface area contributed by atoms with E-state index in [1.807, 2.05) is 0 Å². The minimum absolute atomic E-state index is 0.0694. The van der Waals surface area contributed by atoms with Crippen molar-refractivity contribution in [1.82, 2.24) is 0 Å². The number of rotatable bonds is 1. The zero-order valence-corrected chi connectivity index (χ0v) is 3.18. The van der Waals surface area contributed by atoms with E-state index >= 15 is 0 Å². The Morgan fingerprint density at radius 2 is 2.50 bits per heavy atom. The van der Waals surface area contributed by atoms with Crippen molar-refractivity contribution in [3.8, 4) is 6.07 Å². The Morgan fingerprint density at radius 1 is 2.00 bits per heavy atom. The lowest BCUT2D eigenvalue weighted by atomic mass is 10.4. The van der Waals surface area contributed by atoms with Gasteiger partial charge in [-0.25, -0.2) is 0 Å². The Kier molecular flexibility index (Phi) is 1.91. The highest BCUT2D eigenvalue weighted by molar-refractivity contribution is 4.88. The standard InChI is InChI=1S/C4H4NO/c1-4(6)2-3-5/h1,6H,2H2. The lowest BCUT2D eigenvalue weighted by molar-refractivity contribution is 0.403. The molecule has 31 valence electrons. The van der Waals surface area contributed by atoms with Crippen molar-refractivity contribution >= 4 is 0 Å². The summed E-state index contributed by atoms with van der Waals surface area (Å²) in [5, 5.41) is 15.8. The molecular formula is C4H4NO. The molecular weight excluding hydrogens is 78.0 g/mol. The molecule has 0 atom stereocenters. The van der Waals surface area contributed by atoms with Crippen LogP contribution in [0.15, 0.2) is 5.76 Å². The van der Waals surface area contributed by atoms with Crippen LogP contribution in [0.5, 0.6) is 0 Å². The van der Waals surface area contributed by atoms with E-state index in [4.69, 9.17) is 10.4 Å². The first-order valence-corrected chi connectivity index (χ1v) is 1.44. The Labute approximate surface area is 36.3 Å². The second kappa shape index (κ2) is 2.28. The van der Waals surface area contributed by atoms with Crippen LogP contribution in [0.4, 0.5) is 0 Å². The Morgan fingerprint density at radius 3 is 2.50 bits per heavy atom. The zero-order chi connectivity index (χ0) is 4.99. The molecule has 1 radical (unpaired) electrons. The van der Waals surface area contributed by atoms with Gasteiger partial charge in [0.15, 0.2) is 0 Å². The van der Waals surface area contributed by atoms with E-state index in [2.05, 4.69) is 6.58 Å². The number of hydrogen-bond acceptors (Lipinski definition) is 2. The van der Waals surface area contributed by atoms with Crippen LogP contribution in [-0.4, -0.2) is 5.11 Å². The van der Waals surface area contributed by atoms with Crippen LogP contribution >= 0.6 is 0 Å². The van der Waals surface area contributed by atoms with Crippen molar-refractivity contribution in [2.24, 2.45) is 0 Å². The summed E-state index contributed by atoms with van der Waals surface area (Å²) in [6, 6.07) is 1.66. The third kappa shape index (κ3) is 3.03. The molecule has 1 N–H and O–H groups in total. The zero-order valence-electron chi connectivity index (χ0n) is 3.18. The van der Waals surface area contributed by atoms with Crippen LogP contribution in [0.2, 0.25) is 0 Å². The third-order valence-corrected chi connectivity index (χ3v) is 0.260. The van der Waals surface area contributed by atoms with Crippen molar-refractivity contribution in [1.29, 1.82) is 5.26 Å². The van der Waals surface area contributed by atoms with Gasteiger partial charge in [0.1, 0.15) is 5.76 Å². The van der Waals surface area contributed by atoms with Crippen molar-refractivity contribution in [2.45, 2.75) is 6.42 Å². The van der Waals surface area contributed by atoms with Crippen LogP contribution in [0, 0.1) is 17.9 Å². The topological polar surface area (TPSA) is 44.0 Å². The molecule has 0 aromatic carbocycles. The summed E-state index contributed by atoms with van der Waals surface area (Å²) >= 11 is 0. The van der Waals surface area contributed by atoms with E-state index in [-0.39, 0.29) is 12.2 Å². The molecule has 0 heterocycles. The van der Waals surface area contributed by atoms with Crippen LogP contribution < -0.4 is 0 Å². The van der Waals surface area contributed by atoms with Gasteiger partial charge in [0.2, 0.25) is 0 Å². The maximum absolute atomic E-state index is 8.02. The fourth-order valence-corrected chi connectivity index (χ4v) is 0.0810. The molecule has 2 heteroatoms. The van der Waals surface area contributed by atoms with Gasteiger partial charge in [-0.05, 0) is 6.58 Å². The summed E-state index contributed by atoms with van der Waals surface area (Å²) in [5.74, 6) is -0.322. The molecule has 0 amide bonds. The monoisotopic (exact) mass is 82.0 g/mol. The van der Waals surface area contributed by atoms with Crippen molar-refractivity contribution in [2.75, 3.05) is 0 Å². The van der Waals surface area contributed by atoms with Crippen LogP contribution in [0.25, 0.3) is 0 Å². The summed E-state index contributed by atoms with van der Waals surface area (Å²) in [7, 11) is 0. The molecule has 0 bridgehead atoms. The number of aliphatic hydroxyl groups excluding tert-OH is 1. The van der Waals surface area contributed by atoms with Crippen LogP contribution in [0.3, 0.4) is 0 Å². The van der Waals surface area contributed by atoms with Gasteiger partial charge in [-0.15, -0.1) is 0 Å². The van der Waals surface area contributed by atoms with Gasteiger partial charge in [-0.1, -0.05) is 0 Å². The number of aliphatic hydroxyl groups is 1. The van der Waals surface area contributed by atoms with Gasteiger partial charge < -0.3 is 5.11 Å². The third-order valence-electron chi connectivity index (χ3n) is 0.260. The number of hydrogen-bond donors (Lipinski definition) is 1. The van der Waals surface area contributed by atoms with Gasteiger partial charge in [0.25, 0.3) is 0 Å². The summed E-state index contributed by atoms with van der Waals surface area (Å²) in [6.07, 6.45) is -0.0694. The van der Waals surface area contributed by atoms with Gasteiger partial charge >= 0.3 is 0 Å². The molecule has 0 aliphatic rings. The average Bonchev–Trinajstić information content (AvgIpc) is 1.35. The summed E-state index contributed by atoms with van der Waals surface area (Å²) in [6.45, 7) is 4.65. The first-order chi connectivity index (χ1) is 2.77. The van der Waals surface area contributed by atoms with Crippen LogP contribution in [0.1, 0.15) is 6.42 Å². The number of allylic oxidation sites excluding steroid dienone is 1. The van der Waals surface area contributed by atoms with Crippen LogP contribution in [-0.2, 0) is 0 Å². The lowest BCUT2D eigenvalue weighted by Crippen LogP contribution is -1.69. The molecule has 0 unspecified atom stereocenters. The van der Waals surface area contributed by atoms with E-state index in [9.17, 15) is 0 Å². The number of nitriles is 1. The fourth-order valence-electron chi connectivity index (χ4n) is 0.0810. The van der Waals surface area contributed by atoms with Gasteiger partial charge in [0.05, 0.1) is 12.5 Å². The summed E-state index contributed by atoms with van der Waals surface area (Å²) in [5.41, 5.74) is 0. The molecule has 0 aliphatic carbocycles. The van der Waals surface area contributed by atoms with Crippen molar-refractivity contribution < 1.29 is 5.11 Å². The molecule has 0 spiro atoms. The smallest absolute Gasteiger partial charge is 0.106 e. The first kappa shape index (κ1) is 5.03. The highest BCUT2D eigenvalue weighted by Gasteiger charge is 1.78. The van der Waals surface area contributed by atoms with E-state index in [1.54, 1.807) is 6.07 Å². The van der Waals surface area contributed by atoms with E-state index in [0.29, 0.717) is 0 Å². The van der Waals surface area contributed by atoms with Crippen molar-refractivity contribution in [3.05, 3.63) is 12.3 Å².